The number of amides is 1. The molecule has 1 aliphatic rings. The maximum Gasteiger partial charge on any atom is 0.344 e. The van der Waals surface area contributed by atoms with Crippen LogP contribution < -0.4 is 14.8 Å². The van der Waals surface area contributed by atoms with E-state index >= 15 is 0 Å². The van der Waals surface area contributed by atoms with Crippen molar-refractivity contribution >= 4 is 17.7 Å². The molecule has 178 valence electrons. The van der Waals surface area contributed by atoms with Crippen LogP contribution in [0, 0.1) is 20.8 Å². The molecule has 0 atom stereocenters. The van der Waals surface area contributed by atoms with Gasteiger partial charge in [0.2, 0.25) is 0 Å². The molecular formula is C24H27N5O5. The molecule has 4 rings (SSSR count). The van der Waals surface area contributed by atoms with Crippen LogP contribution in [0.3, 0.4) is 0 Å². The maximum atomic E-state index is 12.4. The number of para-hydroxylation sites is 1. The monoisotopic (exact) mass is 465 g/mol. The van der Waals surface area contributed by atoms with Gasteiger partial charge in [0.05, 0.1) is 5.69 Å². The van der Waals surface area contributed by atoms with E-state index in [1.165, 1.54) is 4.68 Å². The summed E-state index contributed by atoms with van der Waals surface area (Å²) in [5, 5.41) is 7.03. The second-order valence-corrected chi connectivity index (χ2v) is 8.81. The fourth-order valence-electron chi connectivity index (χ4n) is 3.75. The van der Waals surface area contributed by atoms with E-state index in [0.717, 1.165) is 23.4 Å². The maximum absolute atomic E-state index is 12.4. The van der Waals surface area contributed by atoms with Crippen molar-refractivity contribution in [2.45, 2.75) is 46.6 Å². The third-order valence-corrected chi connectivity index (χ3v) is 5.02. The first-order valence-corrected chi connectivity index (χ1v) is 10.9. The van der Waals surface area contributed by atoms with Crippen LogP contribution in [-0.4, -0.2) is 50.4 Å². The van der Waals surface area contributed by atoms with Gasteiger partial charge in [0.15, 0.2) is 24.7 Å². The Bertz CT molecular complexity index is 1230. The standard InChI is InChI=1S/C24H27N5O5/c1-14-9-15(2)26-23(25-14)29-19(10-16(3)28-29)27-20(30)12-33-21(31)13-32-18-8-6-7-17-11-24(4,5)34-22(17)18/h6-10H,11-13H2,1-5H3,(H,27,30). The predicted octanol–water partition coefficient (Wildman–Crippen LogP) is 2.86. The van der Waals surface area contributed by atoms with Crippen LogP contribution in [0.2, 0.25) is 0 Å². The molecule has 1 amide bonds. The molecule has 0 fully saturated rings. The van der Waals surface area contributed by atoms with Crippen molar-refractivity contribution < 1.29 is 23.8 Å². The third kappa shape index (κ3) is 5.33. The van der Waals surface area contributed by atoms with E-state index in [0.29, 0.717) is 29.0 Å². The zero-order valence-electron chi connectivity index (χ0n) is 19.8. The molecule has 1 aliphatic heterocycles. The quantitative estimate of drug-likeness (QED) is 0.530. The number of rotatable bonds is 7. The first kappa shape index (κ1) is 23.2. The normalized spacial score (nSPS) is 13.7. The van der Waals surface area contributed by atoms with Crippen molar-refractivity contribution in [2.24, 2.45) is 0 Å². The molecular weight excluding hydrogens is 438 g/mol. The molecule has 34 heavy (non-hydrogen) atoms. The van der Waals surface area contributed by atoms with E-state index in [4.69, 9.17) is 14.2 Å². The van der Waals surface area contributed by atoms with E-state index in [2.05, 4.69) is 20.4 Å². The van der Waals surface area contributed by atoms with Gasteiger partial charge in [-0.25, -0.2) is 14.8 Å². The van der Waals surface area contributed by atoms with E-state index < -0.39 is 18.5 Å². The zero-order valence-corrected chi connectivity index (χ0v) is 19.8. The Balaban J connectivity index is 1.33. The zero-order chi connectivity index (χ0) is 24.5. The number of benzene rings is 1. The van der Waals surface area contributed by atoms with Gasteiger partial charge in [-0.15, -0.1) is 0 Å². The van der Waals surface area contributed by atoms with Gasteiger partial charge in [-0.1, -0.05) is 12.1 Å². The summed E-state index contributed by atoms with van der Waals surface area (Å²) in [6.45, 7) is 8.65. The van der Waals surface area contributed by atoms with Crippen molar-refractivity contribution in [1.82, 2.24) is 19.7 Å². The topological polar surface area (TPSA) is 117 Å². The highest BCUT2D eigenvalue weighted by atomic mass is 16.6. The molecule has 1 aromatic carbocycles. The van der Waals surface area contributed by atoms with Gasteiger partial charge in [0.25, 0.3) is 11.9 Å². The number of hydrogen-bond donors (Lipinski definition) is 1. The number of nitrogens with zero attached hydrogens (tertiary/aromatic N) is 4. The summed E-state index contributed by atoms with van der Waals surface area (Å²) >= 11 is 0. The largest absolute Gasteiger partial charge is 0.483 e. The van der Waals surface area contributed by atoms with Gasteiger partial charge in [-0.3, -0.25) is 4.79 Å². The Labute approximate surface area is 197 Å². The second kappa shape index (κ2) is 9.12. The van der Waals surface area contributed by atoms with Gasteiger partial charge >= 0.3 is 5.97 Å². The molecule has 0 aliphatic carbocycles. The summed E-state index contributed by atoms with van der Waals surface area (Å²) in [5.74, 6) is 0.621. The predicted molar refractivity (Wildman–Crippen MR) is 123 cm³/mol. The lowest BCUT2D eigenvalue weighted by Crippen LogP contribution is -2.25. The number of ether oxygens (including phenoxy) is 3. The summed E-state index contributed by atoms with van der Waals surface area (Å²) in [5.41, 5.74) is 2.92. The Kier molecular flexibility index (Phi) is 6.23. The van der Waals surface area contributed by atoms with E-state index in [-0.39, 0.29) is 12.2 Å². The first-order chi connectivity index (χ1) is 16.1. The van der Waals surface area contributed by atoms with Crippen LogP contribution in [0.1, 0.15) is 36.5 Å². The number of aromatic nitrogens is 4. The Morgan fingerprint density at radius 1 is 1.09 bits per heavy atom. The lowest BCUT2D eigenvalue weighted by molar-refractivity contribution is -0.149. The van der Waals surface area contributed by atoms with Gasteiger partial charge in [0, 0.05) is 29.4 Å². The van der Waals surface area contributed by atoms with Crippen LogP contribution in [0.15, 0.2) is 30.3 Å². The summed E-state index contributed by atoms with van der Waals surface area (Å²) in [4.78, 5) is 33.3. The van der Waals surface area contributed by atoms with Gasteiger partial charge in [-0.2, -0.15) is 9.78 Å². The Hall–Kier alpha value is -3.95. The highest BCUT2D eigenvalue weighted by molar-refractivity contribution is 5.92. The average Bonchev–Trinajstić information content (AvgIpc) is 3.27. The molecule has 1 N–H and O–H groups in total. The number of fused-ring (bicyclic) bond motifs is 1. The molecule has 0 radical (unpaired) electrons. The van der Waals surface area contributed by atoms with E-state index in [1.807, 2.05) is 45.9 Å². The van der Waals surface area contributed by atoms with E-state index in [9.17, 15) is 9.59 Å². The van der Waals surface area contributed by atoms with Crippen LogP contribution in [-0.2, 0) is 20.7 Å². The molecule has 0 bridgehead atoms. The minimum Gasteiger partial charge on any atom is -0.483 e. The minimum absolute atomic E-state index is 0.326. The molecule has 0 saturated heterocycles. The smallest absolute Gasteiger partial charge is 0.344 e. The second-order valence-electron chi connectivity index (χ2n) is 8.81. The number of carbonyl (C=O) groups is 2. The highest BCUT2D eigenvalue weighted by Gasteiger charge is 2.32. The number of esters is 1. The molecule has 10 nitrogen and oxygen atoms in total. The fraction of sp³-hybridized carbons (Fsp3) is 0.375. The van der Waals surface area contributed by atoms with Crippen molar-refractivity contribution in [2.75, 3.05) is 18.5 Å². The van der Waals surface area contributed by atoms with Crippen molar-refractivity contribution in [1.29, 1.82) is 0 Å². The summed E-state index contributed by atoms with van der Waals surface area (Å²) in [6.07, 6.45) is 0.757. The Morgan fingerprint density at radius 2 is 1.82 bits per heavy atom. The number of nitrogens with one attached hydrogen (secondary N) is 1. The number of hydrogen-bond acceptors (Lipinski definition) is 8. The van der Waals surface area contributed by atoms with Crippen molar-refractivity contribution in [3.8, 4) is 17.4 Å². The minimum atomic E-state index is -0.674. The number of carbonyl (C=O) groups excluding carboxylic acids is 2. The third-order valence-electron chi connectivity index (χ3n) is 5.02. The van der Waals surface area contributed by atoms with Crippen molar-refractivity contribution in [3.05, 3.63) is 53.0 Å². The fourth-order valence-corrected chi connectivity index (χ4v) is 3.75. The van der Waals surface area contributed by atoms with Gasteiger partial charge in [-0.05, 0) is 46.8 Å². The molecule has 10 heteroatoms. The number of anilines is 1. The van der Waals surface area contributed by atoms with Gasteiger partial charge in [0.1, 0.15) is 11.4 Å². The first-order valence-electron chi connectivity index (χ1n) is 10.9. The van der Waals surface area contributed by atoms with Crippen LogP contribution in [0.5, 0.6) is 11.5 Å². The Morgan fingerprint density at radius 3 is 2.56 bits per heavy atom. The highest BCUT2D eigenvalue weighted by Crippen LogP contribution is 2.41. The number of aryl methyl sites for hydroxylation is 3. The molecule has 3 aromatic rings. The lowest BCUT2D eigenvalue weighted by Gasteiger charge is -2.18. The molecule has 0 saturated carbocycles. The van der Waals surface area contributed by atoms with Crippen molar-refractivity contribution in [3.63, 3.8) is 0 Å². The van der Waals surface area contributed by atoms with Crippen LogP contribution >= 0.6 is 0 Å². The average molecular weight is 466 g/mol. The van der Waals surface area contributed by atoms with Crippen LogP contribution in [0.25, 0.3) is 5.95 Å². The van der Waals surface area contributed by atoms with E-state index in [1.54, 1.807) is 19.1 Å². The molecule has 2 aromatic heterocycles. The summed E-state index contributed by atoms with van der Waals surface area (Å²) < 4.78 is 18.0. The van der Waals surface area contributed by atoms with Crippen LogP contribution in [0.4, 0.5) is 5.82 Å². The molecule has 0 spiro atoms. The summed E-state index contributed by atoms with van der Waals surface area (Å²) in [7, 11) is 0. The molecule has 0 unspecified atom stereocenters. The molecule has 3 heterocycles. The van der Waals surface area contributed by atoms with Gasteiger partial charge < -0.3 is 19.5 Å². The lowest BCUT2D eigenvalue weighted by atomic mass is 10.0. The SMILES string of the molecule is Cc1cc(C)nc(-n2nc(C)cc2NC(=O)COC(=O)COc2cccc3c2OC(C)(C)C3)n1. The summed E-state index contributed by atoms with van der Waals surface area (Å²) in [6, 6.07) is 9.08.